The SMILES string of the molecule is COC(=O)[C@H](Cc1ccccn1)NC(=O)C1(N)CCCC1. The average molecular weight is 291 g/mol. The molecule has 1 aromatic heterocycles. The Kier molecular flexibility index (Phi) is 4.90. The van der Waals surface area contributed by atoms with E-state index in [1.807, 2.05) is 6.07 Å². The largest absolute Gasteiger partial charge is 0.467 e. The first-order chi connectivity index (χ1) is 10.0. The lowest BCUT2D eigenvalue weighted by atomic mass is 9.97. The summed E-state index contributed by atoms with van der Waals surface area (Å²) in [6.07, 6.45) is 5.11. The van der Waals surface area contributed by atoms with Gasteiger partial charge in [0.25, 0.3) is 0 Å². The minimum absolute atomic E-state index is 0.286. The first-order valence-electron chi connectivity index (χ1n) is 7.13. The number of carbonyl (C=O) groups is 2. The van der Waals surface area contributed by atoms with E-state index in [0.717, 1.165) is 12.8 Å². The molecule has 1 atom stereocenters. The van der Waals surface area contributed by atoms with Gasteiger partial charge >= 0.3 is 5.97 Å². The Morgan fingerprint density at radius 1 is 1.43 bits per heavy atom. The Hall–Kier alpha value is -1.95. The number of pyridine rings is 1. The molecule has 0 spiro atoms. The highest BCUT2D eigenvalue weighted by Gasteiger charge is 2.39. The quantitative estimate of drug-likeness (QED) is 0.773. The van der Waals surface area contributed by atoms with Crippen molar-refractivity contribution in [2.24, 2.45) is 5.73 Å². The van der Waals surface area contributed by atoms with E-state index in [1.54, 1.807) is 18.3 Å². The zero-order valence-electron chi connectivity index (χ0n) is 12.2. The van der Waals surface area contributed by atoms with E-state index < -0.39 is 17.6 Å². The Bertz CT molecular complexity index is 498. The molecule has 0 aliphatic heterocycles. The standard InChI is InChI=1S/C15H21N3O3/c1-21-13(19)12(10-11-6-2-5-9-17-11)18-14(20)15(16)7-3-4-8-15/h2,5-6,9,12H,3-4,7-8,10,16H2,1H3,(H,18,20)/t12-/m0/s1. The van der Waals surface area contributed by atoms with Gasteiger partial charge < -0.3 is 15.8 Å². The maximum Gasteiger partial charge on any atom is 0.328 e. The maximum absolute atomic E-state index is 12.3. The third kappa shape index (κ3) is 3.78. The molecule has 6 nitrogen and oxygen atoms in total. The van der Waals surface area contributed by atoms with E-state index in [1.165, 1.54) is 7.11 Å². The number of nitrogens with two attached hydrogens (primary N) is 1. The molecule has 2 rings (SSSR count). The topological polar surface area (TPSA) is 94.3 Å². The Labute approximate surface area is 124 Å². The number of ether oxygens (including phenoxy) is 1. The van der Waals surface area contributed by atoms with Crippen molar-refractivity contribution in [3.63, 3.8) is 0 Å². The van der Waals surface area contributed by atoms with Gasteiger partial charge in [0, 0.05) is 18.3 Å². The van der Waals surface area contributed by atoms with Crippen molar-refractivity contribution in [2.45, 2.75) is 43.7 Å². The third-order valence-corrected chi connectivity index (χ3v) is 3.88. The molecule has 1 heterocycles. The second-order valence-corrected chi connectivity index (χ2v) is 5.44. The molecule has 0 unspecified atom stereocenters. The summed E-state index contributed by atoms with van der Waals surface area (Å²) >= 11 is 0. The van der Waals surface area contributed by atoms with Gasteiger partial charge in [0.05, 0.1) is 12.6 Å². The van der Waals surface area contributed by atoms with E-state index in [-0.39, 0.29) is 12.3 Å². The normalized spacial score (nSPS) is 18.0. The predicted molar refractivity (Wildman–Crippen MR) is 77.3 cm³/mol. The van der Waals surface area contributed by atoms with Crippen LogP contribution in [0.15, 0.2) is 24.4 Å². The lowest BCUT2D eigenvalue weighted by Gasteiger charge is -2.25. The van der Waals surface area contributed by atoms with Crippen molar-refractivity contribution < 1.29 is 14.3 Å². The molecule has 21 heavy (non-hydrogen) atoms. The highest BCUT2D eigenvalue weighted by Crippen LogP contribution is 2.27. The van der Waals surface area contributed by atoms with Gasteiger partial charge in [-0.3, -0.25) is 9.78 Å². The molecular weight excluding hydrogens is 270 g/mol. The molecule has 0 saturated heterocycles. The number of hydrogen-bond donors (Lipinski definition) is 2. The van der Waals surface area contributed by atoms with Gasteiger partial charge in [-0.05, 0) is 25.0 Å². The number of nitrogens with one attached hydrogen (secondary N) is 1. The average Bonchev–Trinajstić information content (AvgIpc) is 2.95. The first kappa shape index (κ1) is 15.4. The zero-order valence-corrected chi connectivity index (χ0v) is 12.2. The van der Waals surface area contributed by atoms with E-state index in [4.69, 9.17) is 10.5 Å². The van der Waals surface area contributed by atoms with Crippen molar-refractivity contribution in [3.05, 3.63) is 30.1 Å². The summed E-state index contributed by atoms with van der Waals surface area (Å²) in [5, 5.41) is 2.72. The van der Waals surface area contributed by atoms with Crippen LogP contribution in [0.25, 0.3) is 0 Å². The molecule has 6 heteroatoms. The van der Waals surface area contributed by atoms with Gasteiger partial charge in [-0.2, -0.15) is 0 Å². The maximum atomic E-state index is 12.3. The zero-order chi connectivity index (χ0) is 15.3. The highest BCUT2D eigenvalue weighted by atomic mass is 16.5. The van der Waals surface area contributed by atoms with Crippen LogP contribution in [0.4, 0.5) is 0 Å². The van der Waals surface area contributed by atoms with Crippen molar-refractivity contribution in [3.8, 4) is 0 Å². The van der Waals surface area contributed by atoms with Crippen LogP contribution in [-0.2, 0) is 20.7 Å². The summed E-state index contributed by atoms with van der Waals surface area (Å²) in [6, 6.07) is 4.66. The summed E-state index contributed by atoms with van der Waals surface area (Å²) in [4.78, 5) is 28.4. The van der Waals surface area contributed by atoms with E-state index in [2.05, 4.69) is 10.3 Å². The van der Waals surface area contributed by atoms with Crippen molar-refractivity contribution in [2.75, 3.05) is 7.11 Å². The molecule has 114 valence electrons. The van der Waals surface area contributed by atoms with Crippen LogP contribution in [0.5, 0.6) is 0 Å². The molecule has 1 aromatic rings. The predicted octanol–water partition coefficient (Wildman–Crippen LogP) is 0.553. The van der Waals surface area contributed by atoms with Crippen LogP contribution in [0.1, 0.15) is 31.4 Å². The Balaban J connectivity index is 2.06. The van der Waals surface area contributed by atoms with E-state index in [9.17, 15) is 9.59 Å². The first-order valence-corrected chi connectivity index (χ1v) is 7.13. The molecule has 0 radical (unpaired) electrons. The molecule has 1 amide bonds. The fourth-order valence-electron chi connectivity index (χ4n) is 2.60. The number of nitrogens with zero attached hydrogens (tertiary/aromatic N) is 1. The van der Waals surface area contributed by atoms with Crippen LogP contribution in [0.3, 0.4) is 0 Å². The number of methoxy groups -OCH3 is 1. The van der Waals surface area contributed by atoms with Gasteiger partial charge in [0.15, 0.2) is 0 Å². The van der Waals surface area contributed by atoms with Crippen molar-refractivity contribution in [1.29, 1.82) is 0 Å². The summed E-state index contributed by atoms with van der Waals surface area (Å²) < 4.78 is 4.76. The summed E-state index contributed by atoms with van der Waals surface area (Å²) in [6.45, 7) is 0. The number of aromatic nitrogens is 1. The summed E-state index contributed by atoms with van der Waals surface area (Å²) in [5.41, 5.74) is 5.96. The molecule has 1 aliphatic rings. The minimum Gasteiger partial charge on any atom is -0.467 e. The monoisotopic (exact) mass is 291 g/mol. The smallest absolute Gasteiger partial charge is 0.328 e. The van der Waals surface area contributed by atoms with Crippen molar-refractivity contribution in [1.82, 2.24) is 10.3 Å². The second-order valence-electron chi connectivity index (χ2n) is 5.44. The lowest BCUT2D eigenvalue weighted by molar-refractivity contribution is -0.145. The van der Waals surface area contributed by atoms with Gasteiger partial charge in [0.1, 0.15) is 6.04 Å². The van der Waals surface area contributed by atoms with Crippen LogP contribution < -0.4 is 11.1 Å². The molecule has 1 fully saturated rings. The lowest BCUT2D eigenvalue weighted by Crippen LogP contribution is -2.56. The van der Waals surface area contributed by atoms with Crippen LogP contribution in [0.2, 0.25) is 0 Å². The van der Waals surface area contributed by atoms with Crippen molar-refractivity contribution >= 4 is 11.9 Å². The molecule has 1 saturated carbocycles. The minimum atomic E-state index is -0.865. The molecule has 0 aromatic carbocycles. The Morgan fingerprint density at radius 2 is 2.14 bits per heavy atom. The summed E-state index contributed by atoms with van der Waals surface area (Å²) in [5.74, 6) is -0.776. The number of hydrogen-bond acceptors (Lipinski definition) is 5. The van der Waals surface area contributed by atoms with Gasteiger partial charge in [-0.25, -0.2) is 4.79 Å². The van der Waals surface area contributed by atoms with Gasteiger partial charge in [-0.1, -0.05) is 18.9 Å². The number of amides is 1. The highest BCUT2D eigenvalue weighted by molar-refractivity contribution is 5.90. The fraction of sp³-hybridized carbons (Fsp3) is 0.533. The van der Waals surface area contributed by atoms with E-state index >= 15 is 0 Å². The molecular formula is C15H21N3O3. The Morgan fingerprint density at radius 3 is 2.71 bits per heavy atom. The van der Waals surface area contributed by atoms with Crippen LogP contribution in [-0.4, -0.2) is 35.6 Å². The van der Waals surface area contributed by atoms with Crippen LogP contribution >= 0.6 is 0 Å². The number of carbonyl (C=O) groups excluding carboxylic acids is 2. The molecule has 1 aliphatic carbocycles. The van der Waals surface area contributed by atoms with Gasteiger partial charge in [0.2, 0.25) is 5.91 Å². The third-order valence-electron chi connectivity index (χ3n) is 3.88. The van der Waals surface area contributed by atoms with Crippen LogP contribution in [0, 0.1) is 0 Å². The molecule has 3 N–H and O–H groups in total. The molecule has 0 bridgehead atoms. The fourth-order valence-corrected chi connectivity index (χ4v) is 2.60. The number of esters is 1. The summed E-state index contributed by atoms with van der Waals surface area (Å²) in [7, 11) is 1.30. The number of rotatable bonds is 5. The second kappa shape index (κ2) is 6.67. The van der Waals surface area contributed by atoms with E-state index in [0.29, 0.717) is 18.5 Å². The van der Waals surface area contributed by atoms with Gasteiger partial charge in [-0.15, -0.1) is 0 Å².